The van der Waals surface area contributed by atoms with E-state index in [2.05, 4.69) is 48.1 Å². The van der Waals surface area contributed by atoms with E-state index in [4.69, 9.17) is 10.2 Å². The number of benzene rings is 2. The van der Waals surface area contributed by atoms with Gasteiger partial charge in [0.25, 0.3) is 0 Å². The number of hydrogen-bond acceptors (Lipinski definition) is 4. The van der Waals surface area contributed by atoms with Crippen molar-refractivity contribution in [1.29, 1.82) is 0 Å². The minimum absolute atomic E-state index is 0. The Hall–Kier alpha value is -1.39. The van der Waals surface area contributed by atoms with Crippen LogP contribution in [0.4, 0.5) is 0 Å². The fourth-order valence-electron chi connectivity index (χ4n) is 2.82. The summed E-state index contributed by atoms with van der Waals surface area (Å²) >= 11 is 0. The molecule has 0 amide bonds. The van der Waals surface area contributed by atoms with E-state index in [1.54, 1.807) is 20.2 Å². The minimum Gasteiger partial charge on any atom is -0.393 e. The zero-order valence-electron chi connectivity index (χ0n) is 15.7. The second kappa shape index (κ2) is 10.7. The predicted octanol–water partition coefficient (Wildman–Crippen LogP) is 3.92. The van der Waals surface area contributed by atoms with Crippen molar-refractivity contribution >= 4 is 21.7 Å². The Balaban J connectivity index is 0.000000366. The second-order valence-corrected chi connectivity index (χ2v) is 6.95. The third kappa shape index (κ3) is 6.40. The standard InChI is InChI=1S/C16H15N2.C5H12O2.Ir/c1-11(2)9-15-14-8-7-12-5-3-4-6-13(12)16(14)18-10-17-15;1-4(6)3-5(2)7;/h3-5,7-8,10-11H,9H2,1-2H3;4-7H,3H2,1-2H3;/q-1;;. The van der Waals surface area contributed by atoms with Crippen LogP contribution in [0.5, 0.6) is 0 Å². The molecule has 143 valence electrons. The average molecular weight is 532 g/mol. The molecule has 1 heterocycles. The first kappa shape index (κ1) is 22.6. The van der Waals surface area contributed by atoms with Crippen LogP contribution in [0.1, 0.15) is 39.8 Å². The van der Waals surface area contributed by atoms with Gasteiger partial charge < -0.3 is 10.2 Å². The number of aromatic nitrogens is 2. The third-order valence-corrected chi connectivity index (χ3v) is 3.80. The number of nitrogens with zero attached hydrogens (tertiary/aromatic N) is 2. The molecule has 1 aromatic heterocycles. The minimum atomic E-state index is -0.375. The number of aliphatic hydroxyl groups is 2. The molecule has 2 unspecified atom stereocenters. The predicted molar refractivity (Wildman–Crippen MR) is 102 cm³/mol. The number of hydrogen-bond donors (Lipinski definition) is 2. The fourth-order valence-corrected chi connectivity index (χ4v) is 2.82. The van der Waals surface area contributed by atoms with Crippen LogP contribution < -0.4 is 0 Å². The topological polar surface area (TPSA) is 66.2 Å². The number of fused-ring (bicyclic) bond motifs is 3. The van der Waals surface area contributed by atoms with E-state index in [1.165, 1.54) is 5.39 Å². The van der Waals surface area contributed by atoms with Crippen molar-refractivity contribution in [2.75, 3.05) is 0 Å². The van der Waals surface area contributed by atoms with Crippen molar-refractivity contribution in [3.63, 3.8) is 0 Å². The van der Waals surface area contributed by atoms with Crippen molar-refractivity contribution in [3.8, 4) is 0 Å². The van der Waals surface area contributed by atoms with Gasteiger partial charge in [-0.3, -0.25) is 4.98 Å². The van der Waals surface area contributed by atoms with E-state index < -0.39 is 0 Å². The molecule has 1 radical (unpaired) electrons. The molecule has 0 aliphatic carbocycles. The van der Waals surface area contributed by atoms with Gasteiger partial charge in [-0.2, -0.15) is 0 Å². The van der Waals surface area contributed by atoms with Crippen molar-refractivity contribution < 1.29 is 30.3 Å². The maximum Gasteiger partial charge on any atom is 0.105 e. The van der Waals surface area contributed by atoms with Crippen LogP contribution in [0.25, 0.3) is 21.7 Å². The first-order chi connectivity index (χ1) is 11.9. The largest absolute Gasteiger partial charge is 0.393 e. The van der Waals surface area contributed by atoms with Gasteiger partial charge >= 0.3 is 0 Å². The van der Waals surface area contributed by atoms with E-state index in [-0.39, 0.29) is 32.3 Å². The van der Waals surface area contributed by atoms with Gasteiger partial charge in [0, 0.05) is 25.8 Å². The summed E-state index contributed by atoms with van der Waals surface area (Å²) in [5.41, 5.74) is 2.15. The van der Waals surface area contributed by atoms with Crippen LogP contribution >= 0.6 is 0 Å². The van der Waals surface area contributed by atoms with Crippen LogP contribution in [-0.4, -0.2) is 32.4 Å². The van der Waals surface area contributed by atoms with Crippen LogP contribution in [0.15, 0.2) is 36.7 Å². The van der Waals surface area contributed by atoms with Gasteiger partial charge in [0.2, 0.25) is 0 Å². The average Bonchev–Trinajstić information content (AvgIpc) is 2.53. The molecule has 3 aromatic rings. The summed E-state index contributed by atoms with van der Waals surface area (Å²) in [4.78, 5) is 8.86. The van der Waals surface area contributed by atoms with Gasteiger partial charge in [-0.05, 0) is 43.5 Å². The molecule has 4 nitrogen and oxygen atoms in total. The summed E-state index contributed by atoms with van der Waals surface area (Å²) in [6, 6.07) is 13.6. The van der Waals surface area contributed by atoms with Crippen molar-refractivity contribution in [2.45, 2.75) is 52.7 Å². The molecule has 5 heteroatoms. The molecule has 2 aromatic carbocycles. The van der Waals surface area contributed by atoms with Crippen molar-refractivity contribution in [3.05, 3.63) is 48.4 Å². The maximum absolute atomic E-state index is 8.56. The van der Waals surface area contributed by atoms with Crippen LogP contribution in [-0.2, 0) is 26.5 Å². The van der Waals surface area contributed by atoms with E-state index >= 15 is 0 Å². The second-order valence-electron chi connectivity index (χ2n) is 6.95. The van der Waals surface area contributed by atoms with Gasteiger partial charge in [-0.25, -0.2) is 4.98 Å². The third-order valence-electron chi connectivity index (χ3n) is 3.80. The molecule has 26 heavy (non-hydrogen) atoms. The van der Waals surface area contributed by atoms with E-state index in [0.29, 0.717) is 12.3 Å². The Morgan fingerprint density at radius 2 is 1.69 bits per heavy atom. The zero-order chi connectivity index (χ0) is 18.4. The molecule has 0 spiro atoms. The molecule has 2 N–H and O–H groups in total. The Bertz CT molecular complexity index is 813. The normalized spacial score (nSPS) is 13.0. The molecule has 0 aliphatic rings. The first-order valence-corrected chi connectivity index (χ1v) is 8.77. The Morgan fingerprint density at radius 1 is 1.00 bits per heavy atom. The summed E-state index contributed by atoms with van der Waals surface area (Å²) in [6.07, 6.45) is 2.37. The van der Waals surface area contributed by atoms with E-state index in [0.717, 1.165) is 28.4 Å². The van der Waals surface area contributed by atoms with Crippen molar-refractivity contribution in [1.82, 2.24) is 9.97 Å². The van der Waals surface area contributed by atoms with Gasteiger partial charge in [-0.15, -0.1) is 35.0 Å². The Kier molecular flexibility index (Phi) is 9.31. The summed E-state index contributed by atoms with van der Waals surface area (Å²) < 4.78 is 0. The van der Waals surface area contributed by atoms with E-state index in [1.807, 2.05) is 12.1 Å². The van der Waals surface area contributed by atoms with Crippen molar-refractivity contribution in [2.24, 2.45) is 5.92 Å². The SMILES string of the molecule is CC(C)Cc1ncnc2c1ccc1ccc[c-]c12.CC(O)CC(C)O.[Ir]. The summed E-state index contributed by atoms with van der Waals surface area (Å²) in [6.45, 7) is 7.74. The van der Waals surface area contributed by atoms with Gasteiger partial charge in [-0.1, -0.05) is 26.0 Å². The molecule has 0 fully saturated rings. The zero-order valence-corrected chi connectivity index (χ0v) is 18.1. The van der Waals surface area contributed by atoms with Crippen LogP contribution in [0.3, 0.4) is 0 Å². The Labute approximate surface area is 169 Å². The molecule has 0 bridgehead atoms. The number of aliphatic hydroxyl groups excluding tert-OH is 2. The van der Waals surface area contributed by atoms with Crippen LogP contribution in [0.2, 0.25) is 0 Å². The van der Waals surface area contributed by atoms with Gasteiger partial charge in [0.05, 0.1) is 12.2 Å². The number of rotatable bonds is 4. The van der Waals surface area contributed by atoms with E-state index in [9.17, 15) is 0 Å². The Morgan fingerprint density at radius 3 is 2.27 bits per heavy atom. The molecule has 3 rings (SSSR count). The first-order valence-electron chi connectivity index (χ1n) is 8.77. The summed E-state index contributed by atoms with van der Waals surface area (Å²) in [5.74, 6) is 0.596. The fraction of sp³-hybridized carbons (Fsp3) is 0.429. The molecular formula is C21H27IrN2O2-. The smallest absolute Gasteiger partial charge is 0.105 e. The molecular weight excluding hydrogens is 504 g/mol. The molecule has 0 aliphatic heterocycles. The van der Waals surface area contributed by atoms with Gasteiger partial charge in [0.1, 0.15) is 6.33 Å². The summed E-state index contributed by atoms with van der Waals surface area (Å²) in [7, 11) is 0. The van der Waals surface area contributed by atoms with Gasteiger partial charge in [0.15, 0.2) is 0 Å². The summed E-state index contributed by atoms with van der Waals surface area (Å²) in [5, 5.41) is 20.5. The molecule has 0 saturated carbocycles. The quantitative estimate of drug-likeness (QED) is 0.396. The maximum atomic E-state index is 8.56. The molecule has 0 saturated heterocycles. The monoisotopic (exact) mass is 532 g/mol. The molecule has 2 atom stereocenters. The van der Waals surface area contributed by atoms with Crippen LogP contribution in [0, 0.1) is 12.0 Å².